The third-order valence-electron chi connectivity index (χ3n) is 5.16. The second-order valence-corrected chi connectivity index (χ2v) is 7.69. The number of H-pyrrole nitrogens is 1. The number of anilines is 1. The van der Waals surface area contributed by atoms with Crippen molar-refractivity contribution in [1.82, 2.24) is 20.0 Å². The molecule has 2 heterocycles. The molecule has 6 nitrogen and oxygen atoms in total. The Morgan fingerprint density at radius 1 is 1.10 bits per heavy atom. The van der Waals surface area contributed by atoms with Crippen molar-refractivity contribution in [2.24, 2.45) is 0 Å². The summed E-state index contributed by atoms with van der Waals surface area (Å²) in [6, 6.07) is 17.3. The fourth-order valence-corrected chi connectivity index (χ4v) is 3.49. The molecule has 7 heteroatoms. The predicted octanol–water partition coefficient (Wildman–Crippen LogP) is 5.15. The van der Waals surface area contributed by atoms with E-state index in [1.54, 1.807) is 18.2 Å². The molecular formula is C23H22ClN5O. The van der Waals surface area contributed by atoms with Gasteiger partial charge in [0, 0.05) is 10.6 Å². The van der Waals surface area contributed by atoms with Crippen LogP contribution in [-0.4, -0.2) is 25.9 Å². The van der Waals surface area contributed by atoms with E-state index in [1.165, 1.54) is 11.1 Å². The highest BCUT2D eigenvalue weighted by Gasteiger charge is 2.17. The molecule has 0 atom stereocenters. The van der Waals surface area contributed by atoms with Crippen LogP contribution < -0.4 is 5.32 Å². The number of aryl methyl sites for hydroxylation is 2. The Morgan fingerprint density at radius 3 is 2.57 bits per heavy atom. The van der Waals surface area contributed by atoms with E-state index in [9.17, 15) is 4.79 Å². The summed E-state index contributed by atoms with van der Waals surface area (Å²) in [5, 5.41) is 15.3. The van der Waals surface area contributed by atoms with Gasteiger partial charge in [-0.25, -0.2) is 0 Å². The van der Waals surface area contributed by atoms with E-state index >= 15 is 0 Å². The third kappa shape index (κ3) is 4.00. The number of nitrogens with one attached hydrogen (secondary N) is 2. The van der Waals surface area contributed by atoms with Gasteiger partial charge >= 0.3 is 0 Å². The second-order valence-electron chi connectivity index (χ2n) is 7.26. The summed E-state index contributed by atoms with van der Waals surface area (Å²) in [6.07, 6.45) is 0. The van der Waals surface area contributed by atoms with Gasteiger partial charge in [0.25, 0.3) is 5.91 Å². The fourth-order valence-electron chi connectivity index (χ4n) is 3.37. The largest absolute Gasteiger partial charge is 0.318 e. The zero-order valence-electron chi connectivity index (χ0n) is 17.0. The first-order valence-corrected chi connectivity index (χ1v) is 10.0. The lowest BCUT2D eigenvalue weighted by atomic mass is 10.1. The predicted molar refractivity (Wildman–Crippen MR) is 119 cm³/mol. The minimum atomic E-state index is -0.260. The number of rotatable bonds is 5. The third-order valence-corrected chi connectivity index (χ3v) is 5.42. The van der Waals surface area contributed by atoms with Crippen LogP contribution in [0.25, 0.3) is 11.3 Å². The number of benzene rings is 2. The smallest absolute Gasteiger partial charge is 0.273 e. The van der Waals surface area contributed by atoms with Gasteiger partial charge in [0.15, 0.2) is 0 Å². The molecule has 0 saturated heterocycles. The minimum absolute atomic E-state index is 0.260. The molecule has 0 bridgehead atoms. The summed E-state index contributed by atoms with van der Waals surface area (Å²) < 4.78 is 1.92. The molecule has 0 radical (unpaired) electrons. The molecule has 0 saturated carbocycles. The molecule has 0 aliphatic rings. The summed E-state index contributed by atoms with van der Waals surface area (Å²) in [6.45, 7) is 6.59. The summed E-state index contributed by atoms with van der Waals surface area (Å²) in [7, 11) is 0. The van der Waals surface area contributed by atoms with Crippen LogP contribution in [0.1, 0.15) is 33.0 Å². The Bertz CT molecular complexity index is 1210. The Balaban J connectivity index is 1.53. The Hall–Kier alpha value is -3.38. The van der Waals surface area contributed by atoms with Crippen LogP contribution >= 0.6 is 11.6 Å². The van der Waals surface area contributed by atoms with Crippen molar-refractivity contribution in [2.45, 2.75) is 27.3 Å². The molecule has 4 rings (SSSR count). The van der Waals surface area contributed by atoms with E-state index in [-0.39, 0.29) is 5.91 Å². The molecule has 0 aliphatic heterocycles. The summed E-state index contributed by atoms with van der Waals surface area (Å²) in [5.74, 6) is -0.260. The van der Waals surface area contributed by atoms with Gasteiger partial charge in [-0.2, -0.15) is 10.2 Å². The van der Waals surface area contributed by atoms with E-state index in [1.807, 2.05) is 42.8 Å². The number of carbonyl (C=O) groups excluding carboxylic acids is 1. The van der Waals surface area contributed by atoms with E-state index in [4.69, 9.17) is 11.6 Å². The highest BCUT2D eigenvalue weighted by atomic mass is 35.5. The standard InChI is InChI=1S/C23H22ClN5O/c1-14-6-4-5-7-18(14)13-29-16(3)22(15(2)28-29)25-23(30)21-12-20(26-27-21)17-8-10-19(24)11-9-17/h4-12H,13H2,1-3H3,(H,25,30)(H,26,27). The van der Waals surface area contributed by atoms with Gasteiger partial charge in [-0.15, -0.1) is 0 Å². The highest BCUT2D eigenvalue weighted by molar-refractivity contribution is 6.30. The van der Waals surface area contributed by atoms with Gasteiger partial charge in [-0.05, 0) is 50.1 Å². The van der Waals surface area contributed by atoms with Gasteiger partial charge in [0.2, 0.25) is 0 Å². The summed E-state index contributed by atoms with van der Waals surface area (Å²) in [5.41, 5.74) is 6.74. The number of aromatic amines is 1. The lowest BCUT2D eigenvalue weighted by molar-refractivity contribution is 0.102. The van der Waals surface area contributed by atoms with E-state index in [0.717, 1.165) is 22.6 Å². The Kier molecular flexibility index (Phi) is 5.42. The number of halogens is 1. The maximum Gasteiger partial charge on any atom is 0.273 e. The number of hydrogen-bond acceptors (Lipinski definition) is 3. The van der Waals surface area contributed by atoms with Crippen molar-refractivity contribution in [3.8, 4) is 11.3 Å². The molecular weight excluding hydrogens is 398 g/mol. The average Bonchev–Trinajstić information content (AvgIpc) is 3.32. The Labute approximate surface area is 179 Å². The Morgan fingerprint density at radius 2 is 1.83 bits per heavy atom. The van der Waals surface area contributed by atoms with Crippen LogP contribution in [0.3, 0.4) is 0 Å². The van der Waals surface area contributed by atoms with Gasteiger partial charge in [0.05, 0.1) is 29.3 Å². The van der Waals surface area contributed by atoms with Crippen molar-refractivity contribution >= 4 is 23.2 Å². The maximum atomic E-state index is 12.8. The quantitative estimate of drug-likeness (QED) is 0.469. The van der Waals surface area contributed by atoms with Gasteiger partial charge in [-0.3, -0.25) is 14.6 Å². The second kappa shape index (κ2) is 8.16. The van der Waals surface area contributed by atoms with Crippen LogP contribution in [0.2, 0.25) is 5.02 Å². The molecule has 0 aliphatic carbocycles. The number of amides is 1. The zero-order chi connectivity index (χ0) is 21.3. The van der Waals surface area contributed by atoms with Crippen molar-refractivity contribution in [2.75, 3.05) is 5.32 Å². The van der Waals surface area contributed by atoms with E-state index in [0.29, 0.717) is 23.0 Å². The van der Waals surface area contributed by atoms with Crippen molar-refractivity contribution in [3.63, 3.8) is 0 Å². The van der Waals surface area contributed by atoms with E-state index < -0.39 is 0 Å². The van der Waals surface area contributed by atoms with Crippen LogP contribution in [-0.2, 0) is 6.54 Å². The molecule has 0 fully saturated rings. The van der Waals surface area contributed by atoms with E-state index in [2.05, 4.69) is 39.7 Å². The zero-order valence-corrected chi connectivity index (χ0v) is 17.8. The topological polar surface area (TPSA) is 75.6 Å². The van der Waals surface area contributed by atoms with Crippen molar-refractivity contribution < 1.29 is 4.79 Å². The van der Waals surface area contributed by atoms with Crippen LogP contribution in [0.5, 0.6) is 0 Å². The molecule has 2 aromatic heterocycles. The first-order valence-electron chi connectivity index (χ1n) is 9.63. The highest BCUT2D eigenvalue weighted by Crippen LogP contribution is 2.23. The minimum Gasteiger partial charge on any atom is -0.318 e. The monoisotopic (exact) mass is 419 g/mol. The number of nitrogens with zero attached hydrogens (tertiary/aromatic N) is 3. The van der Waals surface area contributed by atoms with Gasteiger partial charge in [0.1, 0.15) is 5.69 Å². The van der Waals surface area contributed by atoms with Crippen LogP contribution in [0.15, 0.2) is 54.6 Å². The molecule has 0 spiro atoms. The number of aromatic nitrogens is 4. The number of carbonyl (C=O) groups is 1. The molecule has 30 heavy (non-hydrogen) atoms. The fraction of sp³-hybridized carbons (Fsp3) is 0.174. The SMILES string of the molecule is Cc1ccccc1Cn1nc(C)c(NC(=O)c2cc(-c3ccc(Cl)cc3)n[nH]2)c1C. The van der Waals surface area contributed by atoms with Gasteiger partial charge < -0.3 is 5.32 Å². The van der Waals surface area contributed by atoms with Crippen molar-refractivity contribution in [3.05, 3.63) is 87.8 Å². The number of hydrogen-bond donors (Lipinski definition) is 2. The molecule has 1 amide bonds. The summed E-state index contributed by atoms with van der Waals surface area (Å²) >= 11 is 5.94. The maximum absolute atomic E-state index is 12.8. The lowest BCUT2D eigenvalue weighted by Gasteiger charge is -2.08. The van der Waals surface area contributed by atoms with Gasteiger partial charge in [-0.1, -0.05) is 48.0 Å². The first kappa shape index (κ1) is 19.9. The first-order chi connectivity index (χ1) is 14.4. The normalized spacial score (nSPS) is 10.9. The molecule has 2 aromatic carbocycles. The average molecular weight is 420 g/mol. The van der Waals surface area contributed by atoms with Crippen LogP contribution in [0.4, 0.5) is 5.69 Å². The molecule has 152 valence electrons. The molecule has 2 N–H and O–H groups in total. The molecule has 0 unspecified atom stereocenters. The lowest BCUT2D eigenvalue weighted by Crippen LogP contribution is -2.14. The summed E-state index contributed by atoms with van der Waals surface area (Å²) in [4.78, 5) is 12.8. The molecule has 4 aromatic rings. The van der Waals surface area contributed by atoms with Crippen LogP contribution in [0, 0.1) is 20.8 Å². The van der Waals surface area contributed by atoms with Crippen molar-refractivity contribution in [1.29, 1.82) is 0 Å².